The summed E-state index contributed by atoms with van der Waals surface area (Å²) in [7, 11) is 0. The summed E-state index contributed by atoms with van der Waals surface area (Å²) in [5.41, 5.74) is -1.64. The zero-order valence-corrected chi connectivity index (χ0v) is 9.31. The lowest BCUT2D eigenvalue weighted by molar-refractivity contribution is -0.387. The Morgan fingerprint density at radius 1 is 1.50 bits per heavy atom. The van der Waals surface area contributed by atoms with Crippen LogP contribution in [0.1, 0.15) is 17.3 Å². The molecule has 1 rings (SSSR count). The third kappa shape index (κ3) is 2.98. The van der Waals surface area contributed by atoms with Crippen LogP contribution in [-0.2, 0) is 0 Å². The number of carbonyl (C=O) groups is 1. The smallest absolute Gasteiger partial charge is 0.305 e. The summed E-state index contributed by atoms with van der Waals surface area (Å²) >= 11 is 0. The zero-order valence-electron chi connectivity index (χ0n) is 9.31. The zero-order chi connectivity index (χ0) is 13.9. The van der Waals surface area contributed by atoms with Gasteiger partial charge in [0.1, 0.15) is 5.82 Å². The molecular weight excluding hydrogens is 250 g/mol. The summed E-state index contributed by atoms with van der Waals surface area (Å²) in [6, 6.07) is 0.141. The average Bonchev–Trinajstić information content (AvgIpc) is 2.27. The Morgan fingerprint density at radius 2 is 2.11 bits per heavy atom. The van der Waals surface area contributed by atoms with Crippen molar-refractivity contribution in [3.63, 3.8) is 0 Å². The van der Waals surface area contributed by atoms with Gasteiger partial charge in [0.15, 0.2) is 0 Å². The van der Waals surface area contributed by atoms with Crippen LogP contribution in [0, 0.1) is 21.7 Å². The van der Waals surface area contributed by atoms with Crippen molar-refractivity contribution in [1.82, 2.24) is 5.32 Å². The Labute approximate surface area is 100 Å². The van der Waals surface area contributed by atoms with Gasteiger partial charge in [0.25, 0.3) is 5.91 Å². The van der Waals surface area contributed by atoms with E-state index < -0.39 is 39.8 Å². The monoisotopic (exact) mass is 260 g/mol. The number of benzene rings is 1. The number of halogens is 2. The number of nitro groups is 1. The van der Waals surface area contributed by atoms with E-state index in [1.54, 1.807) is 0 Å². The number of hydrogen-bond donors (Lipinski definition) is 2. The highest BCUT2D eigenvalue weighted by Gasteiger charge is 2.22. The van der Waals surface area contributed by atoms with Crippen LogP contribution in [0.3, 0.4) is 0 Å². The number of nitrogens with zero attached hydrogens (tertiary/aromatic N) is 1. The van der Waals surface area contributed by atoms with Crippen LogP contribution in [0.15, 0.2) is 12.1 Å². The molecule has 0 radical (unpaired) electrons. The van der Waals surface area contributed by atoms with E-state index in [0.29, 0.717) is 6.07 Å². The Hall–Kier alpha value is -2.09. The molecule has 0 aromatic heterocycles. The molecule has 1 amide bonds. The molecule has 0 saturated carbocycles. The minimum absolute atomic E-state index is 0.274. The van der Waals surface area contributed by atoms with Gasteiger partial charge in [-0.25, -0.2) is 4.39 Å². The molecule has 0 aliphatic rings. The second kappa shape index (κ2) is 5.50. The molecule has 0 saturated heterocycles. The molecular formula is C10H10F2N2O4. The minimum atomic E-state index is -1.36. The van der Waals surface area contributed by atoms with Crippen LogP contribution in [0.25, 0.3) is 0 Å². The van der Waals surface area contributed by atoms with Crippen molar-refractivity contribution in [2.75, 3.05) is 6.61 Å². The molecule has 2 N–H and O–H groups in total. The van der Waals surface area contributed by atoms with Crippen molar-refractivity contribution in [2.24, 2.45) is 0 Å². The molecule has 98 valence electrons. The molecule has 6 nitrogen and oxygen atoms in total. The number of amides is 1. The van der Waals surface area contributed by atoms with Gasteiger partial charge in [0.2, 0.25) is 5.82 Å². The van der Waals surface area contributed by atoms with Gasteiger partial charge in [-0.2, -0.15) is 4.39 Å². The Kier molecular flexibility index (Phi) is 4.27. The summed E-state index contributed by atoms with van der Waals surface area (Å²) < 4.78 is 26.3. The fraction of sp³-hybridized carbons (Fsp3) is 0.300. The lowest BCUT2D eigenvalue weighted by Crippen LogP contribution is -2.35. The molecule has 1 atom stereocenters. The lowest BCUT2D eigenvalue weighted by atomic mass is 10.1. The predicted molar refractivity (Wildman–Crippen MR) is 57.0 cm³/mol. The predicted octanol–water partition coefficient (Wildman–Crippen LogP) is 0.984. The van der Waals surface area contributed by atoms with Crippen molar-refractivity contribution in [1.29, 1.82) is 0 Å². The molecule has 0 aliphatic carbocycles. The number of nitrogens with one attached hydrogen (secondary N) is 1. The van der Waals surface area contributed by atoms with Crippen molar-refractivity contribution < 1.29 is 23.6 Å². The normalized spacial score (nSPS) is 12.0. The van der Waals surface area contributed by atoms with Crippen LogP contribution < -0.4 is 5.32 Å². The van der Waals surface area contributed by atoms with Crippen molar-refractivity contribution >= 4 is 11.6 Å². The average molecular weight is 260 g/mol. The number of hydrogen-bond acceptors (Lipinski definition) is 4. The van der Waals surface area contributed by atoms with E-state index in [2.05, 4.69) is 5.32 Å². The molecule has 0 heterocycles. The molecule has 0 fully saturated rings. The van der Waals surface area contributed by atoms with Crippen molar-refractivity contribution in [2.45, 2.75) is 13.0 Å². The molecule has 8 heteroatoms. The molecule has 0 spiro atoms. The first-order valence-corrected chi connectivity index (χ1v) is 4.92. The first-order chi connectivity index (χ1) is 8.36. The molecule has 1 aromatic carbocycles. The maximum Gasteiger partial charge on any atom is 0.305 e. The first kappa shape index (κ1) is 14.0. The Morgan fingerprint density at radius 3 is 2.61 bits per heavy atom. The summed E-state index contributed by atoms with van der Waals surface area (Å²) in [5.74, 6) is -3.53. The highest BCUT2D eigenvalue weighted by Crippen LogP contribution is 2.21. The minimum Gasteiger partial charge on any atom is -0.394 e. The standard InChI is InChI=1S/C10H10F2N2O4/c1-5(4-15)13-10(16)6-2-9(14(17)18)8(12)3-7(6)11/h2-3,5,15H,4H2,1H3,(H,13,16)/t5-/m0/s1. The number of rotatable bonds is 4. The molecule has 0 unspecified atom stereocenters. The second-order valence-corrected chi connectivity index (χ2v) is 3.60. The first-order valence-electron chi connectivity index (χ1n) is 4.92. The van der Waals surface area contributed by atoms with E-state index >= 15 is 0 Å². The van der Waals surface area contributed by atoms with E-state index in [1.165, 1.54) is 6.92 Å². The van der Waals surface area contributed by atoms with Gasteiger partial charge >= 0.3 is 5.69 Å². The summed E-state index contributed by atoms with van der Waals surface area (Å²) in [6.45, 7) is 1.07. The van der Waals surface area contributed by atoms with Gasteiger partial charge in [0.05, 0.1) is 17.1 Å². The van der Waals surface area contributed by atoms with Crippen LogP contribution >= 0.6 is 0 Å². The van der Waals surface area contributed by atoms with Crippen molar-refractivity contribution in [3.05, 3.63) is 39.4 Å². The summed E-state index contributed by atoms with van der Waals surface area (Å²) in [5, 5.41) is 21.4. The molecule has 1 aromatic rings. The van der Waals surface area contributed by atoms with Crippen molar-refractivity contribution in [3.8, 4) is 0 Å². The van der Waals surface area contributed by atoms with Crippen LogP contribution in [0.2, 0.25) is 0 Å². The van der Waals surface area contributed by atoms with Crippen LogP contribution in [0.4, 0.5) is 14.5 Å². The fourth-order valence-electron chi connectivity index (χ4n) is 1.20. The highest BCUT2D eigenvalue weighted by molar-refractivity contribution is 5.95. The van der Waals surface area contributed by atoms with Gasteiger partial charge in [0, 0.05) is 18.2 Å². The number of aliphatic hydroxyl groups is 1. The molecule has 18 heavy (non-hydrogen) atoms. The Balaban J connectivity index is 3.12. The highest BCUT2D eigenvalue weighted by atomic mass is 19.1. The SMILES string of the molecule is C[C@@H](CO)NC(=O)c1cc([N+](=O)[O-])c(F)cc1F. The van der Waals surface area contributed by atoms with E-state index in [1.807, 2.05) is 0 Å². The quantitative estimate of drug-likeness (QED) is 0.623. The van der Waals surface area contributed by atoms with Crippen LogP contribution in [-0.4, -0.2) is 28.6 Å². The topological polar surface area (TPSA) is 92.5 Å². The third-order valence-corrected chi connectivity index (χ3v) is 2.13. The van der Waals surface area contributed by atoms with Gasteiger partial charge < -0.3 is 10.4 Å². The number of carbonyl (C=O) groups excluding carboxylic acids is 1. The summed E-state index contributed by atoms with van der Waals surface area (Å²) in [6.07, 6.45) is 0. The van der Waals surface area contributed by atoms with Crippen LogP contribution in [0.5, 0.6) is 0 Å². The second-order valence-electron chi connectivity index (χ2n) is 3.60. The number of nitro benzene ring substituents is 1. The maximum atomic E-state index is 13.3. The maximum absolute atomic E-state index is 13.3. The van der Waals surface area contributed by atoms with E-state index in [0.717, 1.165) is 0 Å². The molecule has 0 aliphatic heterocycles. The third-order valence-electron chi connectivity index (χ3n) is 2.13. The van der Waals surface area contributed by atoms with E-state index in [-0.39, 0.29) is 12.7 Å². The molecule has 0 bridgehead atoms. The largest absolute Gasteiger partial charge is 0.394 e. The van der Waals surface area contributed by atoms with Gasteiger partial charge in [-0.15, -0.1) is 0 Å². The van der Waals surface area contributed by atoms with E-state index in [4.69, 9.17) is 5.11 Å². The fourth-order valence-corrected chi connectivity index (χ4v) is 1.20. The number of aliphatic hydroxyl groups excluding tert-OH is 1. The van der Waals surface area contributed by atoms with Gasteiger partial charge in [-0.3, -0.25) is 14.9 Å². The van der Waals surface area contributed by atoms with Gasteiger partial charge in [-0.05, 0) is 6.92 Å². The van der Waals surface area contributed by atoms with Gasteiger partial charge in [-0.1, -0.05) is 0 Å². The lowest BCUT2D eigenvalue weighted by Gasteiger charge is -2.11. The van der Waals surface area contributed by atoms with E-state index in [9.17, 15) is 23.7 Å². The summed E-state index contributed by atoms with van der Waals surface area (Å²) in [4.78, 5) is 20.9. The Bertz CT molecular complexity index is 493.